The van der Waals surface area contributed by atoms with Crippen LogP contribution in [0, 0.1) is 0 Å². The van der Waals surface area contributed by atoms with Gasteiger partial charge in [0.25, 0.3) is 20.2 Å². The molecule has 0 aliphatic carbocycles. The summed E-state index contributed by atoms with van der Waals surface area (Å²) in [5.41, 5.74) is 8.86. The highest BCUT2D eigenvalue weighted by atomic mass is 32.2. The number of aliphatic hydroxyl groups excluding tert-OH is 2. The number of likely N-dealkylation sites (N-methyl/N-ethyl adjacent to an activating group) is 1. The number of carbonyl (C=O) groups excluding carboxylic acids is 1. The van der Waals surface area contributed by atoms with Crippen LogP contribution in [0.4, 0.5) is 17.2 Å². The normalized spacial score (nSPS) is 23.2. The Kier molecular flexibility index (Phi) is 18.1. The van der Waals surface area contributed by atoms with Crippen LogP contribution in [0.2, 0.25) is 0 Å². The Bertz CT molecular complexity index is 3250. The largest absolute Gasteiger partial charge is 0.490 e. The van der Waals surface area contributed by atoms with E-state index in [1.54, 1.807) is 12.1 Å². The predicted octanol–water partition coefficient (Wildman–Crippen LogP) is 2.69. The second-order valence-electron chi connectivity index (χ2n) is 17.2. The van der Waals surface area contributed by atoms with Crippen molar-refractivity contribution in [1.29, 1.82) is 0 Å². The summed E-state index contributed by atoms with van der Waals surface area (Å²) in [6, 6.07) is 8.89. The number of ether oxygens (including phenoxy) is 1. The van der Waals surface area contributed by atoms with Crippen molar-refractivity contribution in [2.24, 2.45) is 0 Å². The third-order valence-electron chi connectivity index (χ3n) is 11.9. The van der Waals surface area contributed by atoms with Gasteiger partial charge in [0.1, 0.15) is 30.7 Å². The number of nitrogens with zero attached hydrogens (tertiary/aromatic N) is 4. The van der Waals surface area contributed by atoms with E-state index in [4.69, 9.17) is 20.3 Å². The van der Waals surface area contributed by atoms with E-state index in [9.17, 15) is 69.2 Å². The van der Waals surface area contributed by atoms with Crippen molar-refractivity contribution < 1.29 is 96.7 Å². The first-order valence-electron chi connectivity index (χ1n) is 22.0. The number of hydrogen-bond acceptors (Lipinski definition) is 19. The number of phosphoric acid groups is 3. The maximum Gasteiger partial charge on any atom is 0.490 e. The molecule has 1 saturated heterocycles. The number of phosphoric ester groups is 1. The Labute approximate surface area is 428 Å². The number of thioether (sulfide) groups is 1. The van der Waals surface area contributed by atoms with Crippen LogP contribution in [0.15, 0.2) is 87.2 Å². The zero-order chi connectivity index (χ0) is 54.9. The number of anilines is 2. The number of nitrogens with one attached hydrogen (secondary N) is 1. The molecule has 0 radical (unpaired) electrons. The first-order chi connectivity index (χ1) is 34.2. The van der Waals surface area contributed by atoms with Gasteiger partial charge in [0.2, 0.25) is 11.6 Å². The Morgan fingerprint density at radius 3 is 2.30 bits per heavy atom. The van der Waals surface area contributed by atoms with Gasteiger partial charge in [0.05, 0.1) is 27.6 Å². The molecule has 11 N–H and O–H groups in total. The summed E-state index contributed by atoms with van der Waals surface area (Å²) in [6.07, 6.45) is 3.06. The van der Waals surface area contributed by atoms with Gasteiger partial charge in [-0.15, -0.1) is 0 Å². The molecule has 3 aliphatic heterocycles. The Morgan fingerprint density at radius 2 is 1.65 bits per heavy atom. The fraction of sp³-hybridized carbons (Fsp3) is 0.415. The Hall–Kier alpha value is -4.26. The van der Waals surface area contributed by atoms with Crippen molar-refractivity contribution in [3.63, 3.8) is 0 Å². The summed E-state index contributed by atoms with van der Waals surface area (Å²) < 4.78 is 122. The maximum absolute atomic E-state index is 12.8. The summed E-state index contributed by atoms with van der Waals surface area (Å²) >= 11 is 1.35. The van der Waals surface area contributed by atoms with Crippen LogP contribution in [0.3, 0.4) is 0 Å². The van der Waals surface area contributed by atoms with Crippen LogP contribution in [-0.4, -0.2) is 138 Å². The molecule has 0 saturated carbocycles. The molecular formula is C41H54N6O21P3S3+. The number of aliphatic hydroxyl groups is 2. The van der Waals surface area contributed by atoms with Crippen LogP contribution in [0.5, 0.6) is 0 Å². The molecular weight excluding hydrogens is 1100 g/mol. The van der Waals surface area contributed by atoms with Gasteiger partial charge in [-0.05, 0) is 68.5 Å². The highest BCUT2D eigenvalue weighted by molar-refractivity contribution is 7.99. The first kappa shape index (κ1) is 59.0. The van der Waals surface area contributed by atoms with Crippen LogP contribution < -0.4 is 21.6 Å². The molecule has 3 aliphatic rings. The number of carbonyl (C=O) groups is 1. The van der Waals surface area contributed by atoms with Crippen molar-refractivity contribution in [2.45, 2.75) is 79.8 Å². The minimum absolute atomic E-state index is 0.0135. The van der Waals surface area contributed by atoms with Gasteiger partial charge < -0.3 is 50.5 Å². The molecule has 33 heteroatoms. The zero-order valence-electron chi connectivity index (χ0n) is 39.6. The van der Waals surface area contributed by atoms with Crippen LogP contribution in [0.25, 0.3) is 6.08 Å². The third-order valence-corrected chi connectivity index (χ3v) is 18.4. The first-order valence-corrected chi connectivity index (χ1v) is 30.5. The second kappa shape index (κ2) is 22.8. The molecule has 1 aromatic heterocycles. The lowest BCUT2D eigenvalue weighted by Crippen LogP contribution is -2.36. The van der Waals surface area contributed by atoms with E-state index in [2.05, 4.69) is 23.4 Å². The fourth-order valence-electron chi connectivity index (χ4n) is 8.47. The molecule has 27 nitrogen and oxygen atoms in total. The standard InChI is InChI=1S/C41H53N6O21P3S3/c1-5-45-30(24(2)28-19-26(73(59,60)61)12-14-31(28)45)10-6-11-34-41(3,4)29-20-27(74(62,63)64)13-15-32(29)46(34)17-8-18-72-23-35(48)43-16-7-9-25-21-47(40(51)44-38(25)42)39-37(50)36(49)33(66-39)22-65-70(55,56)68-71(57,58)67-69(52,53)54/h6-7,9-15,19-21,24,33,36-37,39,49-50H,5,8,16-18,22-23H2,1-4H3,(H8-,42,43,44,48,51,52,53,54,55,56,57,58,59,60,61,62,63,64)/p+1. The monoisotopic (exact) mass is 1160 g/mol. The van der Waals surface area contributed by atoms with E-state index in [-0.39, 0.29) is 45.3 Å². The fourth-order valence-corrected chi connectivity index (χ4v) is 13.3. The van der Waals surface area contributed by atoms with Gasteiger partial charge in [-0.3, -0.25) is 23.0 Å². The van der Waals surface area contributed by atoms with E-state index in [0.29, 0.717) is 30.8 Å². The molecule has 1 amide bonds. The van der Waals surface area contributed by atoms with Gasteiger partial charge in [-0.2, -0.15) is 46.8 Å². The van der Waals surface area contributed by atoms with Gasteiger partial charge in [0.15, 0.2) is 11.9 Å². The Balaban J connectivity index is 1.06. The van der Waals surface area contributed by atoms with Crippen molar-refractivity contribution in [3.8, 4) is 0 Å². The quantitative estimate of drug-likeness (QED) is 0.0299. The Morgan fingerprint density at radius 1 is 0.986 bits per heavy atom. The molecule has 0 bridgehead atoms. The lowest BCUT2D eigenvalue weighted by atomic mass is 9.81. The third kappa shape index (κ3) is 14.0. The number of hydrogen-bond donors (Lipinski definition) is 10. The van der Waals surface area contributed by atoms with Crippen LogP contribution in [-0.2, 0) is 62.0 Å². The molecule has 6 rings (SSSR count). The second-order valence-corrected chi connectivity index (χ2v) is 25.6. The average molecular weight is 1160 g/mol. The number of rotatable bonds is 22. The highest BCUT2D eigenvalue weighted by Gasteiger charge is 2.48. The summed E-state index contributed by atoms with van der Waals surface area (Å²) in [5.74, 6) is -0.232. The van der Waals surface area contributed by atoms with Crippen molar-refractivity contribution in [1.82, 2.24) is 14.9 Å². The number of fused-ring (bicyclic) bond motifs is 2. The molecule has 3 aromatic rings. The number of aromatic nitrogens is 2. The number of nitrogen functional groups attached to an aromatic ring is 1. The summed E-state index contributed by atoms with van der Waals surface area (Å²) in [6.45, 7) is 7.64. The number of amides is 1. The van der Waals surface area contributed by atoms with Crippen molar-refractivity contribution in [3.05, 3.63) is 99.8 Å². The average Bonchev–Trinajstić information content (AvgIpc) is 3.80. The van der Waals surface area contributed by atoms with Gasteiger partial charge in [0, 0.05) is 66.3 Å². The molecule has 0 spiro atoms. The number of allylic oxidation sites excluding steroid dienone is 4. The van der Waals surface area contributed by atoms with Gasteiger partial charge in [-0.1, -0.05) is 25.2 Å². The molecule has 2 aromatic carbocycles. The molecule has 4 heterocycles. The number of nitrogens with two attached hydrogens (primary N) is 1. The van der Waals surface area contributed by atoms with Crippen molar-refractivity contribution >= 4 is 90.4 Å². The molecule has 74 heavy (non-hydrogen) atoms. The molecule has 406 valence electrons. The topological polar surface area (TPSA) is 415 Å². The lowest BCUT2D eigenvalue weighted by Gasteiger charge is -2.20. The van der Waals surface area contributed by atoms with Gasteiger partial charge in [-0.25, -0.2) is 18.5 Å². The van der Waals surface area contributed by atoms with E-state index >= 15 is 0 Å². The van der Waals surface area contributed by atoms with Crippen molar-refractivity contribution in [2.75, 3.05) is 48.4 Å². The summed E-state index contributed by atoms with van der Waals surface area (Å²) in [4.78, 5) is 67.3. The molecule has 7 atom stereocenters. The summed E-state index contributed by atoms with van der Waals surface area (Å²) in [5, 5.41) is 23.9. The zero-order valence-corrected chi connectivity index (χ0v) is 44.7. The predicted molar refractivity (Wildman–Crippen MR) is 267 cm³/mol. The van der Waals surface area contributed by atoms with Crippen LogP contribution >= 0.6 is 35.2 Å². The van der Waals surface area contributed by atoms with E-state index in [1.165, 1.54) is 48.2 Å². The molecule has 1 fully saturated rings. The van der Waals surface area contributed by atoms with Crippen LogP contribution in [0.1, 0.15) is 63.0 Å². The SMILES string of the molecule is CCN1C(=CC=CC2=[N+](CCCSCC(=O)NCC=Cc3cn(C4OC(COP(=O)(O)OP(=O)(O)OP(=O)(O)O)C(O)C4O)c(=O)nc3N)c3ccc(S(=O)(=O)O)cc3C2(C)C)C(C)c2cc(S(=O)(=O)O)ccc21. The van der Waals surface area contributed by atoms with E-state index in [1.807, 2.05) is 55.4 Å². The minimum atomic E-state index is -5.85. The highest BCUT2D eigenvalue weighted by Crippen LogP contribution is 2.66. The lowest BCUT2D eigenvalue weighted by molar-refractivity contribution is -0.437. The maximum atomic E-state index is 12.8. The smallest absolute Gasteiger partial charge is 0.387 e. The minimum Gasteiger partial charge on any atom is -0.387 e. The van der Waals surface area contributed by atoms with E-state index in [0.717, 1.165) is 39.1 Å². The molecule has 7 unspecified atom stereocenters. The number of benzene rings is 2. The van der Waals surface area contributed by atoms with Gasteiger partial charge >= 0.3 is 29.2 Å². The summed E-state index contributed by atoms with van der Waals surface area (Å²) in [7, 11) is -26.1. The van der Waals surface area contributed by atoms with E-state index < -0.39 is 86.0 Å².